The van der Waals surface area contributed by atoms with Crippen molar-refractivity contribution >= 4 is 43.8 Å². The van der Waals surface area contributed by atoms with Gasteiger partial charge in [0, 0.05) is 6.07 Å². The van der Waals surface area contributed by atoms with Crippen LogP contribution < -0.4 is 28.7 Å². The van der Waals surface area contributed by atoms with Crippen molar-refractivity contribution in [2.24, 2.45) is 5.10 Å². The number of hydrogen-bond donors (Lipinski definition) is 1. The first-order valence-electron chi connectivity index (χ1n) is 11.2. The fourth-order valence-electron chi connectivity index (χ4n) is 3.49. The number of anilines is 1. The van der Waals surface area contributed by atoms with Crippen molar-refractivity contribution in [1.29, 1.82) is 0 Å². The topological polar surface area (TPSA) is 116 Å². The maximum atomic E-state index is 13.6. The summed E-state index contributed by atoms with van der Waals surface area (Å²) in [5.74, 6) is 1.05. The van der Waals surface area contributed by atoms with Crippen molar-refractivity contribution in [2.45, 2.75) is 11.8 Å². The highest BCUT2D eigenvalue weighted by molar-refractivity contribution is 9.10. The number of carbonyl (C=O) groups excluding carboxylic acids is 1. The number of benzene rings is 3. The second kappa shape index (κ2) is 12.7. The number of carbonyl (C=O) groups is 1. The predicted molar refractivity (Wildman–Crippen MR) is 148 cm³/mol. The Kier molecular flexibility index (Phi) is 9.59. The van der Waals surface area contributed by atoms with Gasteiger partial charge in [-0.1, -0.05) is 17.7 Å². The summed E-state index contributed by atoms with van der Waals surface area (Å²) in [6.07, 6.45) is 1.40. The van der Waals surface area contributed by atoms with Gasteiger partial charge in [0.1, 0.15) is 6.54 Å². The number of aryl methyl sites for hydroxylation is 1. The van der Waals surface area contributed by atoms with Crippen molar-refractivity contribution in [3.05, 3.63) is 70.2 Å². The van der Waals surface area contributed by atoms with Crippen molar-refractivity contribution in [2.75, 3.05) is 39.3 Å². The Balaban J connectivity index is 1.90. The van der Waals surface area contributed by atoms with Gasteiger partial charge in [-0.25, -0.2) is 13.8 Å². The minimum atomic E-state index is -4.12. The second-order valence-electron chi connectivity index (χ2n) is 7.90. The number of methoxy groups -OCH3 is 4. The zero-order chi connectivity index (χ0) is 27.9. The molecule has 1 amide bonds. The van der Waals surface area contributed by atoms with E-state index in [1.165, 1.54) is 58.9 Å². The smallest absolute Gasteiger partial charge is 0.264 e. The Bertz CT molecular complexity index is 1430. The first kappa shape index (κ1) is 28.8. The highest BCUT2D eigenvalue weighted by Gasteiger charge is 2.28. The molecule has 38 heavy (non-hydrogen) atoms. The van der Waals surface area contributed by atoms with E-state index in [1.807, 2.05) is 6.92 Å². The van der Waals surface area contributed by atoms with Gasteiger partial charge in [-0.3, -0.25) is 9.10 Å². The van der Waals surface area contributed by atoms with Crippen LogP contribution in [0.4, 0.5) is 5.69 Å². The van der Waals surface area contributed by atoms with E-state index in [0.29, 0.717) is 33.0 Å². The number of ether oxygens (including phenoxy) is 4. The van der Waals surface area contributed by atoms with Crippen molar-refractivity contribution in [3.8, 4) is 23.0 Å². The quantitative estimate of drug-likeness (QED) is 0.258. The first-order chi connectivity index (χ1) is 18.1. The molecule has 0 saturated heterocycles. The van der Waals surface area contributed by atoms with E-state index in [0.717, 1.165) is 9.87 Å². The Morgan fingerprint density at radius 1 is 0.921 bits per heavy atom. The molecule has 3 aromatic rings. The van der Waals surface area contributed by atoms with E-state index in [9.17, 15) is 13.2 Å². The van der Waals surface area contributed by atoms with E-state index in [1.54, 1.807) is 30.3 Å². The molecule has 1 N–H and O–H groups in total. The van der Waals surface area contributed by atoms with Crippen LogP contribution >= 0.6 is 15.9 Å². The third kappa shape index (κ3) is 6.56. The molecular formula is C26H28BrN3O7S. The minimum absolute atomic E-state index is 0.0318. The fraction of sp³-hybridized carbons (Fsp3) is 0.231. The molecule has 0 spiro atoms. The van der Waals surface area contributed by atoms with Crippen molar-refractivity contribution < 1.29 is 32.2 Å². The summed E-state index contributed by atoms with van der Waals surface area (Å²) in [5, 5.41) is 3.98. The van der Waals surface area contributed by atoms with Gasteiger partial charge in [0.15, 0.2) is 23.0 Å². The number of hydrazone groups is 1. The number of nitrogens with one attached hydrogen (secondary N) is 1. The highest BCUT2D eigenvalue weighted by Crippen LogP contribution is 2.36. The largest absolute Gasteiger partial charge is 0.493 e. The van der Waals surface area contributed by atoms with Gasteiger partial charge in [-0.2, -0.15) is 5.10 Å². The molecular weight excluding hydrogens is 578 g/mol. The van der Waals surface area contributed by atoms with Gasteiger partial charge in [0.25, 0.3) is 15.9 Å². The summed E-state index contributed by atoms with van der Waals surface area (Å²) in [6.45, 7) is 1.31. The molecule has 0 radical (unpaired) electrons. The molecule has 0 aliphatic heterocycles. The lowest BCUT2D eigenvalue weighted by Gasteiger charge is -2.24. The molecule has 0 aliphatic carbocycles. The normalized spacial score (nSPS) is 11.2. The molecule has 0 aliphatic rings. The number of nitrogens with zero attached hydrogens (tertiary/aromatic N) is 2. The average molecular weight is 606 g/mol. The van der Waals surface area contributed by atoms with Crippen LogP contribution in [-0.2, 0) is 14.8 Å². The van der Waals surface area contributed by atoms with Gasteiger partial charge in [0.05, 0.1) is 49.7 Å². The summed E-state index contributed by atoms with van der Waals surface area (Å²) in [6, 6.07) is 14.3. The third-order valence-electron chi connectivity index (χ3n) is 5.41. The molecule has 0 heterocycles. The van der Waals surface area contributed by atoms with Crippen LogP contribution in [0.3, 0.4) is 0 Å². The van der Waals surface area contributed by atoms with Crippen LogP contribution in [0.2, 0.25) is 0 Å². The zero-order valence-electron chi connectivity index (χ0n) is 21.5. The lowest BCUT2D eigenvalue weighted by Crippen LogP contribution is -2.39. The molecule has 0 saturated carbocycles. The van der Waals surface area contributed by atoms with Crippen LogP contribution in [0.15, 0.2) is 69.1 Å². The molecule has 0 unspecified atom stereocenters. The molecule has 0 fully saturated rings. The van der Waals surface area contributed by atoms with Crippen molar-refractivity contribution in [3.63, 3.8) is 0 Å². The Morgan fingerprint density at radius 2 is 1.58 bits per heavy atom. The Hall–Kier alpha value is -3.77. The zero-order valence-corrected chi connectivity index (χ0v) is 23.9. The molecule has 202 valence electrons. The predicted octanol–water partition coefficient (Wildman–Crippen LogP) is 4.14. The molecule has 12 heteroatoms. The van der Waals surface area contributed by atoms with Crippen LogP contribution in [0.25, 0.3) is 0 Å². The van der Waals surface area contributed by atoms with E-state index < -0.39 is 22.5 Å². The van der Waals surface area contributed by atoms with Crippen molar-refractivity contribution in [1.82, 2.24) is 5.43 Å². The maximum absolute atomic E-state index is 13.6. The molecule has 0 bridgehead atoms. The van der Waals surface area contributed by atoms with Crippen LogP contribution in [0.1, 0.15) is 11.1 Å². The summed E-state index contributed by atoms with van der Waals surface area (Å²) in [5.41, 5.74) is 4.10. The highest BCUT2D eigenvalue weighted by atomic mass is 79.9. The molecule has 0 aromatic heterocycles. The van der Waals surface area contributed by atoms with Crippen LogP contribution in [0, 0.1) is 6.92 Å². The second-order valence-corrected chi connectivity index (χ2v) is 10.6. The van der Waals surface area contributed by atoms with Gasteiger partial charge in [-0.05, 0) is 64.8 Å². The van der Waals surface area contributed by atoms with Gasteiger partial charge in [-0.15, -0.1) is 0 Å². The third-order valence-corrected chi connectivity index (χ3v) is 7.79. The minimum Gasteiger partial charge on any atom is -0.493 e. The Labute approximate surface area is 230 Å². The number of halogens is 1. The van der Waals surface area contributed by atoms with Gasteiger partial charge < -0.3 is 18.9 Å². The van der Waals surface area contributed by atoms with Crippen LogP contribution in [0.5, 0.6) is 23.0 Å². The number of hydrogen-bond acceptors (Lipinski definition) is 8. The summed E-state index contributed by atoms with van der Waals surface area (Å²) in [4.78, 5) is 12.9. The first-order valence-corrected chi connectivity index (χ1v) is 13.4. The van der Waals surface area contributed by atoms with Gasteiger partial charge >= 0.3 is 0 Å². The standard InChI is InChI=1S/C26H28BrN3O7S/c1-17-6-9-20(10-7-17)38(32,33)30(19-8-11-22(34-2)23(14-19)35-3)16-25(31)29-28-15-18-12-21(27)26(37-5)24(13-18)36-4/h6-15H,16H2,1-5H3,(H,29,31)/b28-15-. The number of rotatable bonds is 11. The molecule has 3 rings (SSSR count). The lowest BCUT2D eigenvalue weighted by atomic mass is 10.2. The molecule has 3 aromatic carbocycles. The lowest BCUT2D eigenvalue weighted by molar-refractivity contribution is -0.119. The van der Waals surface area contributed by atoms with E-state index in [2.05, 4.69) is 26.5 Å². The average Bonchev–Trinajstić information content (AvgIpc) is 2.91. The van der Waals surface area contributed by atoms with Crippen LogP contribution in [-0.4, -0.2) is 55.5 Å². The summed E-state index contributed by atoms with van der Waals surface area (Å²) >= 11 is 3.40. The SMILES string of the molecule is COc1ccc(N(CC(=O)N/N=C\c2cc(Br)c(OC)c(OC)c2)S(=O)(=O)c2ccc(C)cc2)cc1OC. The van der Waals surface area contributed by atoms with E-state index in [4.69, 9.17) is 18.9 Å². The monoisotopic (exact) mass is 605 g/mol. The number of amides is 1. The summed E-state index contributed by atoms with van der Waals surface area (Å²) < 4.78 is 50.0. The van der Waals surface area contributed by atoms with Gasteiger partial charge in [0.2, 0.25) is 0 Å². The summed E-state index contributed by atoms with van der Waals surface area (Å²) in [7, 11) is 1.81. The molecule has 0 atom stereocenters. The maximum Gasteiger partial charge on any atom is 0.264 e. The fourth-order valence-corrected chi connectivity index (χ4v) is 5.52. The Morgan fingerprint density at radius 3 is 2.18 bits per heavy atom. The van der Waals surface area contributed by atoms with E-state index in [-0.39, 0.29) is 10.6 Å². The molecule has 10 nitrogen and oxygen atoms in total. The van der Waals surface area contributed by atoms with E-state index >= 15 is 0 Å². The number of sulfonamides is 1.